The molecule has 0 aliphatic carbocycles. The van der Waals surface area contributed by atoms with E-state index < -0.39 is 11.6 Å². The first kappa shape index (κ1) is 16.0. The average Bonchev–Trinajstić information content (AvgIpc) is 2.89. The molecule has 0 atom stereocenters. The van der Waals surface area contributed by atoms with Gasteiger partial charge in [0.05, 0.1) is 0 Å². The summed E-state index contributed by atoms with van der Waals surface area (Å²) in [4.78, 5) is 4.01. The molecular weight excluding hydrogens is 310 g/mol. The van der Waals surface area contributed by atoms with Gasteiger partial charge in [-0.1, -0.05) is 24.3 Å². The fourth-order valence-corrected chi connectivity index (χ4v) is 2.79. The van der Waals surface area contributed by atoms with Gasteiger partial charge in [0.2, 0.25) is 0 Å². The van der Waals surface area contributed by atoms with Gasteiger partial charge in [0.25, 0.3) is 0 Å². The second-order valence-electron chi connectivity index (χ2n) is 5.60. The van der Waals surface area contributed by atoms with E-state index in [2.05, 4.69) is 4.99 Å². The first-order chi connectivity index (χ1) is 11.5. The highest BCUT2D eigenvalue weighted by Crippen LogP contribution is 2.23. The lowest BCUT2D eigenvalue weighted by atomic mass is 10.1. The fourth-order valence-electron chi connectivity index (χ4n) is 2.79. The lowest BCUT2D eigenvalue weighted by Crippen LogP contribution is -2.23. The summed E-state index contributed by atoms with van der Waals surface area (Å²) in [6.07, 6.45) is 2.71. The minimum Gasteiger partial charge on any atom is -0.370 e. The third kappa shape index (κ3) is 3.37. The summed E-state index contributed by atoms with van der Waals surface area (Å²) < 4.78 is 28.5. The average molecular weight is 328 g/mol. The summed E-state index contributed by atoms with van der Waals surface area (Å²) in [5, 5.41) is 1.10. The number of fused-ring (bicyclic) bond motifs is 1. The molecule has 24 heavy (non-hydrogen) atoms. The van der Waals surface area contributed by atoms with Gasteiger partial charge < -0.3 is 16.0 Å². The van der Waals surface area contributed by atoms with Crippen LogP contribution in [0.5, 0.6) is 0 Å². The summed E-state index contributed by atoms with van der Waals surface area (Å²) >= 11 is 0. The van der Waals surface area contributed by atoms with Gasteiger partial charge in [-0.15, -0.1) is 0 Å². The largest absolute Gasteiger partial charge is 0.370 e. The van der Waals surface area contributed by atoms with Crippen LogP contribution in [0.15, 0.2) is 53.7 Å². The molecule has 0 saturated heterocycles. The van der Waals surface area contributed by atoms with Crippen molar-refractivity contribution in [1.29, 1.82) is 0 Å². The molecule has 0 radical (unpaired) electrons. The van der Waals surface area contributed by atoms with Crippen molar-refractivity contribution in [3.8, 4) is 0 Å². The number of para-hydroxylation sites is 1. The van der Waals surface area contributed by atoms with Crippen LogP contribution < -0.4 is 11.5 Å². The summed E-state index contributed by atoms with van der Waals surface area (Å²) in [7, 11) is 0. The van der Waals surface area contributed by atoms with Crippen LogP contribution in [0.2, 0.25) is 0 Å². The van der Waals surface area contributed by atoms with Crippen LogP contribution in [0.3, 0.4) is 0 Å². The minimum absolute atomic E-state index is 0.0699. The zero-order chi connectivity index (χ0) is 17.1. The van der Waals surface area contributed by atoms with Gasteiger partial charge in [0, 0.05) is 30.2 Å². The smallest absolute Gasteiger partial charge is 0.185 e. The zero-order valence-electron chi connectivity index (χ0n) is 13.0. The fraction of sp³-hybridized carbons (Fsp3) is 0.167. The van der Waals surface area contributed by atoms with E-state index in [1.54, 1.807) is 6.07 Å². The van der Waals surface area contributed by atoms with Crippen molar-refractivity contribution in [2.24, 2.45) is 16.5 Å². The van der Waals surface area contributed by atoms with Gasteiger partial charge in [-0.2, -0.15) is 0 Å². The second kappa shape index (κ2) is 6.70. The maximum Gasteiger partial charge on any atom is 0.185 e. The van der Waals surface area contributed by atoms with Crippen molar-refractivity contribution in [2.75, 3.05) is 6.54 Å². The van der Waals surface area contributed by atoms with Crippen molar-refractivity contribution < 1.29 is 8.78 Å². The van der Waals surface area contributed by atoms with Crippen molar-refractivity contribution in [2.45, 2.75) is 13.0 Å². The molecule has 6 heteroatoms. The van der Waals surface area contributed by atoms with Crippen LogP contribution in [0.25, 0.3) is 10.9 Å². The molecule has 0 aliphatic rings. The lowest BCUT2D eigenvalue weighted by molar-refractivity contribution is 0.506. The Morgan fingerprint density at radius 3 is 2.58 bits per heavy atom. The number of nitrogens with zero attached hydrogens (tertiary/aromatic N) is 2. The standard InChI is InChI=1S/C18H18F2N4/c19-15-6-5-12(9-16(15)20)10-24-11-13(7-8-23-18(21)22)14-3-1-2-4-17(14)24/h1-6,9,11H,7-8,10H2,(H4,21,22,23). The highest BCUT2D eigenvalue weighted by molar-refractivity contribution is 5.84. The predicted molar refractivity (Wildman–Crippen MR) is 91.8 cm³/mol. The molecule has 2 aromatic carbocycles. The van der Waals surface area contributed by atoms with Crippen molar-refractivity contribution in [3.63, 3.8) is 0 Å². The highest BCUT2D eigenvalue weighted by atomic mass is 19.2. The topological polar surface area (TPSA) is 69.3 Å². The number of rotatable bonds is 5. The summed E-state index contributed by atoms with van der Waals surface area (Å²) in [6.45, 7) is 0.960. The molecule has 0 aliphatic heterocycles. The van der Waals surface area contributed by atoms with Crippen LogP contribution >= 0.6 is 0 Å². The van der Waals surface area contributed by atoms with Gasteiger partial charge >= 0.3 is 0 Å². The van der Waals surface area contributed by atoms with E-state index in [-0.39, 0.29) is 5.96 Å². The van der Waals surface area contributed by atoms with E-state index in [0.29, 0.717) is 25.1 Å². The van der Waals surface area contributed by atoms with Gasteiger partial charge in [-0.3, -0.25) is 4.99 Å². The third-order valence-electron chi connectivity index (χ3n) is 3.88. The van der Waals surface area contributed by atoms with Gasteiger partial charge in [0.15, 0.2) is 17.6 Å². The molecule has 1 aromatic heterocycles. The molecule has 0 spiro atoms. The highest BCUT2D eigenvalue weighted by Gasteiger charge is 2.09. The van der Waals surface area contributed by atoms with Crippen molar-refractivity contribution in [3.05, 3.63) is 71.4 Å². The van der Waals surface area contributed by atoms with Gasteiger partial charge in [-0.25, -0.2) is 8.78 Å². The number of hydrogen-bond acceptors (Lipinski definition) is 1. The SMILES string of the molecule is NC(N)=NCCc1cn(Cc2ccc(F)c(F)c2)c2ccccc12. The maximum atomic E-state index is 13.4. The summed E-state index contributed by atoms with van der Waals surface area (Å²) in [6, 6.07) is 11.9. The van der Waals surface area contributed by atoms with Crippen LogP contribution in [0.4, 0.5) is 8.78 Å². The van der Waals surface area contributed by atoms with E-state index in [9.17, 15) is 8.78 Å². The number of aliphatic imine (C=N–C) groups is 1. The zero-order valence-corrected chi connectivity index (χ0v) is 13.0. The Morgan fingerprint density at radius 1 is 1.04 bits per heavy atom. The number of nitrogens with two attached hydrogens (primary N) is 2. The van der Waals surface area contributed by atoms with Crippen LogP contribution in [0.1, 0.15) is 11.1 Å². The predicted octanol–water partition coefficient (Wildman–Crippen LogP) is 2.78. The molecule has 3 aromatic rings. The number of benzene rings is 2. The van der Waals surface area contributed by atoms with Crippen molar-refractivity contribution >= 4 is 16.9 Å². The van der Waals surface area contributed by atoms with E-state index in [4.69, 9.17) is 11.5 Å². The molecule has 4 nitrogen and oxygen atoms in total. The number of hydrogen-bond donors (Lipinski definition) is 2. The van der Waals surface area contributed by atoms with Crippen LogP contribution in [-0.2, 0) is 13.0 Å². The maximum absolute atomic E-state index is 13.4. The lowest BCUT2D eigenvalue weighted by Gasteiger charge is -2.06. The summed E-state index contributed by atoms with van der Waals surface area (Å²) in [5.41, 5.74) is 13.6. The van der Waals surface area contributed by atoms with Crippen LogP contribution in [0, 0.1) is 11.6 Å². The molecule has 4 N–H and O–H groups in total. The molecule has 0 fully saturated rings. The molecule has 3 rings (SSSR count). The molecule has 0 saturated carbocycles. The second-order valence-corrected chi connectivity index (χ2v) is 5.60. The van der Waals surface area contributed by atoms with E-state index in [1.165, 1.54) is 6.07 Å². The summed E-state index contributed by atoms with van der Waals surface area (Å²) in [5.74, 6) is -1.61. The number of guanidine groups is 1. The Bertz CT molecular complexity index is 895. The first-order valence-electron chi connectivity index (χ1n) is 7.60. The normalized spacial score (nSPS) is 10.9. The Hall–Kier alpha value is -2.89. The monoisotopic (exact) mass is 328 g/mol. The van der Waals surface area contributed by atoms with E-state index in [1.807, 2.05) is 35.0 Å². The molecule has 0 bridgehead atoms. The quantitative estimate of drug-likeness (QED) is 0.558. The Balaban J connectivity index is 1.92. The Labute approximate surface area is 138 Å². The van der Waals surface area contributed by atoms with Gasteiger partial charge in [-0.05, 0) is 35.7 Å². The van der Waals surface area contributed by atoms with Crippen LogP contribution in [-0.4, -0.2) is 17.1 Å². The molecular formula is C18H18F2N4. The van der Waals surface area contributed by atoms with E-state index in [0.717, 1.165) is 22.5 Å². The molecule has 124 valence electrons. The molecule has 0 amide bonds. The van der Waals surface area contributed by atoms with E-state index >= 15 is 0 Å². The number of halogens is 2. The van der Waals surface area contributed by atoms with Gasteiger partial charge in [0.1, 0.15) is 0 Å². The molecule has 0 unspecified atom stereocenters. The minimum atomic E-state index is -0.839. The first-order valence-corrected chi connectivity index (χ1v) is 7.60. The molecule has 1 heterocycles. The Kier molecular flexibility index (Phi) is 4.46. The third-order valence-corrected chi connectivity index (χ3v) is 3.88. The van der Waals surface area contributed by atoms with Crippen molar-refractivity contribution in [1.82, 2.24) is 4.57 Å². The Morgan fingerprint density at radius 2 is 1.83 bits per heavy atom. The number of aromatic nitrogens is 1.